The van der Waals surface area contributed by atoms with Crippen LogP contribution in [0.15, 0.2) is 47.6 Å². The van der Waals surface area contributed by atoms with Crippen molar-refractivity contribution in [3.8, 4) is 0 Å². The molecule has 0 aliphatic rings. The first-order valence-corrected chi connectivity index (χ1v) is 8.71. The molecule has 2 N–H and O–H groups in total. The van der Waals surface area contributed by atoms with Crippen molar-refractivity contribution >= 4 is 21.4 Å². The lowest BCUT2D eigenvalue weighted by atomic mass is 10.2. The maximum Gasteiger partial charge on any atom is 0.293 e. The molecule has 8 nitrogen and oxygen atoms in total. The summed E-state index contributed by atoms with van der Waals surface area (Å²) in [5.74, 6) is 0. The molecule has 0 fully saturated rings. The lowest BCUT2D eigenvalue weighted by molar-refractivity contribution is -0.384. The maximum absolute atomic E-state index is 12.1. The van der Waals surface area contributed by atoms with Gasteiger partial charge < -0.3 is 5.32 Å². The van der Waals surface area contributed by atoms with Gasteiger partial charge in [0, 0.05) is 31.0 Å². The van der Waals surface area contributed by atoms with Gasteiger partial charge in [0.1, 0.15) is 5.69 Å². The van der Waals surface area contributed by atoms with E-state index in [0.29, 0.717) is 6.54 Å². The number of nitro benzene ring substituents is 1. The molecule has 0 atom stereocenters. The van der Waals surface area contributed by atoms with Crippen molar-refractivity contribution in [1.29, 1.82) is 0 Å². The molecule has 1 aromatic carbocycles. The van der Waals surface area contributed by atoms with Gasteiger partial charge in [-0.15, -0.1) is 0 Å². The number of anilines is 1. The fraction of sp³-hybridized carbons (Fsp3) is 0.267. The van der Waals surface area contributed by atoms with Gasteiger partial charge in [0.15, 0.2) is 0 Å². The van der Waals surface area contributed by atoms with E-state index < -0.39 is 14.9 Å². The molecule has 2 aromatic rings. The number of aromatic nitrogens is 1. The van der Waals surface area contributed by atoms with Crippen LogP contribution in [0.5, 0.6) is 0 Å². The SMILES string of the molecule is CC(C)NS(=O)(=O)c1ccc(NCc2cccnc2)c([N+](=O)[O-])c1. The molecule has 1 heterocycles. The average Bonchev–Trinajstić information content (AvgIpc) is 2.52. The Morgan fingerprint density at radius 3 is 2.62 bits per heavy atom. The van der Waals surface area contributed by atoms with Crippen molar-refractivity contribution in [2.45, 2.75) is 31.3 Å². The predicted octanol–water partition coefficient (Wildman–Crippen LogP) is 2.29. The van der Waals surface area contributed by atoms with E-state index in [9.17, 15) is 18.5 Å². The number of benzene rings is 1. The zero-order valence-electron chi connectivity index (χ0n) is 13.3. The number of pyridine rings is 1. The van der Waals surface area contributed by atoms with Crippen LogP contribution in [0.25, 0.3) is 0 Å². The normalized spacial score (nSPS) is 11.5. The van der Waals surface area contributed by atoms with Crippen LogP contribution in [-0.4, -0.2) is 24.4 Å². The van der Waals surface area contributed by atoms with E-state index in [1.165, 1.54) is 12.1 Å². The summed E-state index contributed by atoms with van der Waals surface area (Å²) in [7, 11) is -3.79. The zero-order valence-corrected chi connectivity index (χ0v) is 14.1. The highest BCUT2D eigenvalue weighted by Crippen LogP contribution is 2.28. The van der Waals surface area contributed by atoms with E-state index >= 15 is 0 Å². The molecule has 2 rings (SSSR count). The third-order valence-corrected chi connectivity index (χ3v) is 4.73. The van der Waals surface area contributed by atoms with Gasteiger partial charge in [0.2, 0.25) is 10.0 Å². The molecule has 0 saturated heterocycles. The van der Waals surface area contributed by atoms with Crippen LogP contribution in [-0.2, 0) is 16.6 Å². The Bertz CT molecular complexity index is 823. The minimum atomic E-state index is -3.79. The monoisotopic (exact) mass is 350 g/mol. The molecule has 0 saturated carbocycles. The van der Waals surface area contributed by atoms with Crippen molar-refractivity contribution < 1.29 is 13.3 Å². The number of nitrogens with one attached hydrogen (secondary N) is 2. The highest BCUT2D eigenvalue weighted by Gasteiger charge is 2.21. The Morgan fingerprint density at radius 1 is 1.29 bits per heavy atom. The minimum Gasteiger partial charge on any atom is -0.375 e. The summed E-state index contributed by atoms with van der Waals surface area (Å²) in [4.78, 5) is 14.5. The van der Waals surface area contributed by atoms with Gasteiger partial charge >= 0.3 is 0 Å². The molecule has 9 heteroatoms. The summed E-state index contributed by atoms with van der Waals surface area (Å²) in [6, 6.07) is 7.07. The molecule has 1 aromatic heterocycles. The van der Waals surface area contributed by atoms with E-state index in [4.69, 9.17) is 0 Å². The number of hydrogen-bond acceptors (Lipinski definition) is 6. The van der Waals surface area contributed by atoms with Crippen LogP contribution in [0, 0.1) is 10.1 Å². The second kappa shape index (κ2) is 7.37. The van der Waals surface area contributed by atoms with Crippen molar-refractivity contribution in [3.63, 3.8) is 0 Å². The number of sulfonamides is 1. The summed E-state index contributed by atoms with van der Waals surface area (Å²) in [5.41, 5.74) is 0.794. The Balaban J connectivity index is 2.29. The Kier molecular flexibility index (Phi) is 5.47. The Hall–Kier alpha value is -2.52. The summed E-state index contributed by atoms with van der Waals surface area (Å²) >= 11 is 0. The van der Waals surface area contributed by atoms with Gasteiger partial charge in [-0.25, -0.2) is 13.1 Å². The topological polar surface area (TPSA) is 114 Å². The molecule has 128 valence electrons. The van der Waals surface area contributed by atoms with Crippen molar-refractivity contribution in [2.24, 2.45) is 0 Å². The molecular weight excluding hydrogens is 332 g/mol. The van der Waals surface area contributed by atoms with E-state index in [2.05, 4.69) is 15.0 Å². The minimum absolute atomic E-state index is 0.144. The van der Waals surface area contributed by atoms with Gasteiger partial charge in [-0.3, -0.25) is 15.1 Å². The highest BCUT2D eigenvalue weighted by atomic mass is 32.2. The molecular formula is C15H18N4O4S. The number of nitrogens with zero attached hydrogens (tertiary/aromatic N) is 2. The molecule has 0 spiro atoms. The summed E-state index contributed by atoms with van der Waals surface area (Å²) in [6.45, 7) is 3.69. The molecule has 0 amide bonds. The van der Waals surface area contributed by atoms with Crippen LogP contribution in [0.2, 0.25) is 0 Å². The fourth-order valence-electron chi connectivity index (χ4n) is 2.06. The second-order valence-corrected chi connectivity index (χ2v) is 7.14. The van der Waals surface area contributed by atoms with Gasteiger partial charge in [-0.1, -0.05) is 6.07 Å². The lowest BCUT2D eigenvalue weighted by Crippen LogP contribution is -2.30. The molecule has 0 aliphatic carbocycles. The first kappa shape index (κ1) is 17.8. The zero-order chi connectivity index (χ0) is 17.7. The van der Waals surface area contributed by atoms with E-state index in [1.807, 2.05) is 6.07 Å². The lowest BCUT2D eigenvalue weighted by Gasteiger charge is -2.11. The largest absolute Gasteiger partial charge is 0.375 e. The molecule has 0 aliphatic heterocycles. The van der Waals surface area contributed by atoms with Gasteiger partial charge in [0.25, 0.3) is 5.69 Å². The van der Waals surface area contributed by atoms with Crippen LogP contribution < -0.4 is 10.0 Å². The highest BCUT2D eigenvalue weighted by molar-refractivity contribution is 7.89. The van der Waals surface area contributed by atoms with E-state index in [0.717, 1.165) is 11.6 Å². The molecule has 0 radical (unpaired) electrons. The summed E-state index contributed by atoms with van der Waals surface area (Å²) in [6.07, 6.45) is 3.28. The van der Waals surface area contributed by atoms with Gasteiger partial charge in [-0.05, 0) is 37.6 Å². The third-order valence-electron chi connectivity index (χ3n) is 3.07. The first-order valence-electron chi connectivity index (χ1n) is 7.23. The Labute approximate surface area is 140 Å². The number of hydrogen-bond donors (Lipinski definition) is 2. The Morgan fingerprint density at radius 2 is 2.04 bits per heavy atom. The van der Waals surface area contributed by atoms with Crippen molar-refractivity contribution in [3.05, 3.63) is 58.4 Å². The van der Waals surface area contributed by atoms with Crippen molar-refractivity contribution in [2.75, 3.05) is 5.32 Å². The summed E-state index contributed by atoms with van der Waals surface area (Å²) in [5, 5.41) is 14.2. The fourth-order valence-corrected chi connectivity index (χ4v) is 3.33. The first-order chi connectivity index (χ1) is 11.3. The van der Waals surface area contributed by atoms with Crippen LogP contribution in [0.1, 0.15) is 19.4 Å². The quantitative estimate of drug-likeness (QED) is 0.585. The molecule has 0 unspecified atom stereocenters. The summed E-state index contributed by atoms with van der Waals surface area (Å²) < 4.78 is 26.7. The number of nitro groups is 1. The predicted molar refractivity (Wildman–Crippen MR) is 90.1 cm³/mol. The van der Waals surface area contributed by atoms with E-state index in [-0.39, 0.29) is 22.3 Å². The van der Waals surface area contributed by atoms with Crippen LogP contribution in [0.4, 0.5) is 11.4 Å². The van der Waals surface area contributed by atoms with Gasteiger partial charge in [0.05, 0.1) is 9.82 Å². The molecule has 24 heavy (non-hydrogen) atoms. The molecule has 0 bridgehead atoms. The van der Waals surface area contributed by atoms with E-state index in [1.54, 1.807) is 32.3 Å². The number of rotatable bonds is 7. The van der Waals surface area contributed by atoms with Gasteiger partial charge in [-0.2, -0.15) is 0 Å². The average molecular weight is 350 g/mol. The van der Waals surface area contributed by atoms with Crippen LogP contribution in [0.3, 0.4) is 0 Å². The maximum atomic E-state index is 12.1. The van der Waals surface area contributed by atoms with Crippen molar-refractivity contribution in [1.82, 2.24) is 9.71 Å². The smallest absolute Gasteiger partial charge is 0.293 e. The second-order valence-electron chi connectivity index (χ2n) is 5.43. The standard InChI is InChI=1S/C15H18N4O4S/c1-11(2)18-24(22,23)13-5-6-14(15(8-13)19(20)21)17-10-12-4-3-7-16-9-12/h3-9,11,17-18H,10H2,1-2H3. The van der Waals surface area contributed by atoms with Crippen LogP contribution >= 0.6 is 0 Å². The third kappa shape index (κ3) is 4.49.